The Labute approximate surface area is 192 Å². The number of piperidine rings is 1. The Bertz CT molecular complexity index is 1350. The van der Waals surface area contributed by atoms with Gasteiger partial charge in [-0.2, -0.15) is 5.26 Å². The number of nitrogens with one attached hydrogen (secondary N) is 2. The molecule has 1 fully saturated rings. The molecule has 0 aliphatic carbocycles. The highest BCUT2D eigenvalue weighted by Gasteiger charge is 2.23. The number of amides is 1. The Balaban J connectivity index is 1.29. The molecular formula is C26H26N6O. The molecule has 7 nitrogen and oxygen atoms in total. The fourth-order valence-corrected chi connectivity index (χ4v) is 4.57. The molecule has 0 unspecified atom stereocenters. The van der Waals surface area contributed by atoms with E-state index in [1.165, 1.54) is 0 Å². The molecule has 1 amide bonds. The lowest BCUT2D eigenvalue weighted by molar-refractivity contribution is -0.117. The molecule has 33 heavy (non-hydrogen) atoms. The molecule has 5 rings (SSSR count). The molecule has 2 aromatic heterocycles. The summed E-state index contributed by atoms with van der Waals surface area (Å²) in [6.45, 7) is 4.05. The minimum Gasteiger partial charge on any atom is -0.368 e. The highest BCUT2D eigenvalue weighted by Crippen LogP contribution is 2.28. The molecule has 2 aromatic carbocycles. The number of likely N-dealkylation sites (tertiary alicyclic amines) is 1. The van der Waals surface area contributed by atoms with E-state index in [2.05, 4.69) is 26.0 Å². The van der Waals surface area contributed by atoms with Crippen LogP contribution < -0.4 is 10.6 Å². The molecule has 0 atom stereocenters. The topological polar surface area (TPSA) is 85.5 Å². The van der Waals surface area contributed by atoms with Crippen molar-refractivity contribution in [3.8, 4) is 6.07 Å². The maximum absolute atomic E-state index is 12.4. The fraction of sp³-hybridized carbons (Fsp3) is 0.269. The van der Waals surface area contributed by atoms with E-state index >= 15 is 0 Å². The molecule has 3 heterocycles. The summed E-state index contributed by atoms with van der Waals surface area (Å²) in [5.74, 6) is 0.970. The van der Waals surface area contributed by atoms with Crippen LogP contribution in [0.25, 0.3) is 16.7 Å². The number of nitriles is 1. The van der Waals surface area contributed by atoms with Gasteiger partial charge < -0.3 is 10.6 Å². The van der Waals surface area contributed by atoms with E-state index in [0.717, 1.165) is 54.0 Å². The highest BCUT2D eigenvalue weighted by atomic mass is 16.2. The second-order valence-electron chi connectivity index (χ2n) is 8.57. The third kappa shape index (κ3) is 4.26. The van der Waals surface area contributed by atoms with Crippen molar-refractivity contribution in [3.05, 3.63) is 71.8 Å². The van der Waals surface area contributed by atoms with E-state index in [1.807, 2.05) is 67.6 Å². The Morgan fingerprint density at radius 3 is 2.61 bits per heavy atom. The molecule has 4 aromatic rings. The minimum atomic E-state index is 0.0157. The molecule has 1 aliphatic heterocycles. The van der Waals surface area contributed by atoms with Crippen LogP contribution in [0.4, 0.5) is 11.5 Å². The third-order valence-electron chi connectivity index (χ3n) is 6.25. The van der Waals surface area contributed by atoms with Gasteiger partial charge in [-0.1, -0.05) is 30.3 Å². The van der Waals surface area contributed by atoms with Crippen molar-refractivity contribution in [2.45, 2.75) is 25.8 Å². The lowest BCUT2D eigenvalue weighted by atomic mass is 10.0. The van der Waals surface area contributed by atoms with Gasteiger partial charge in [-0.25, -0.2) is 4.98 Å². The van der Waals surface area contributed by atoms with E-state index in [-0.39, 0.29) is 11.9 Å². The normalized spacial score (nSPS) is 14.9. The van der Waals surface area contributed by atoms with Gasteiger partial charge >= 0.3 is 0 Å². The minimum absolute atomic E-state index is 0.0157. The number of pyridine rings is 1. The van der Waals surface area contributed by atoms with Crippen molar-refractivity contribution in [1.82, 2.24) is 14.3 Å². The van der Waals surface area contributed by atoms with Crippen molar-refractivity contribution in [3.63, 3.8) is 0 Å². The van der Waals surface area contributed by atoms with Crippen LogP contribution in [-0.2, 0) is 4.79 Å². The number of para-hydroxylation sites is 3. The van der Waals surface area contributed by atoms with Crippen molar-refractivity contribution in [1.29, 1.82) is 5.26 Å². The highest BCUT2D eigenvalue weighted by molar-refractivity contribution is 5.92. The lowest BCUT2D eigenvalue weighted by Gasteiger charge is -2.32. The summed E-state index contributed by atoms with van der Waals surface area (Å²) < 4.78 is 2.06. The molecule has 0 bridgehead atoms. The van der Waals surface area contributed by atoms with E-state index in [9.17, 15) is 10.1 Å². The number of benzene rings is 2. The van der Waals surface area contributed by atoms with Crippen LogP contribution in [0.1, 0.15) is 24.0 Å². The fourth-order valence-electron chi connectivity index (χ4n) is 4.57. The smallest absolute Gasteiger partial charge is 0.238 e. The molecule has 7 heteroatoms. The van der Waals surface area contributed by atoms with Gasteiger partial charge in [-0.3, -0.25) is 14.1 Å². The first-order valence-corrected chi connectivity index (χ1v) is 11.3. The summed E-state index contributed by atoms with van der Waals surface area (Å²) in [7, 11) is 0. The van der Waals surface area contributed by atoms with Gasteiger partial charge in [0.05, 0.1) is 23.1 Å². The second-order valence-corrected chi connectivity index (χ2v) is 8.57. The summed E-state index contributed by atoms with van der Waals surface area (Å²) in [4.78, 5) is 19.3. The van der Waals surface area contributed by atoms with Crippen molar-refractivity contribution in [2.75, 3.05) is 30.3 Å². The number of aromatic nitrogens is 2. The number of imidazole rings is 1. The van der Waals surface area contributed by atoms with Crippen LogP contribution in [0.2, 0.25) is 0 Å². The molecule has 1 aliphatic rings. The maximum atomic E-state index is 12.4. The van der Waals surface area contributed by atoms with Crippen LogP contribution in [0.15, 0.2) is 60.7 Å². The zero-order valence-corrected chi connectivity index (χ0v) is 18.6. The third-order valence-corrected chi connectivity index (χ3v) is 6.25. The Morgan fingerprint density at radius 1 is 1.12 bits per heavy atom. The van der Waals surface area contributed by atoms with E-state index in [1.54, 1.807) is 0 Å². The van der Waals surface area contributed by atoms with Crippen LogP contribution in [0, 0.1) is 18.3 Å². The molecule has 0 radical (unpaired) electrons. The summed E-state index contributed by atoms with van der Waals surface area (Å²) in [6.07, 6.45) is 1.87. The van der Waals surface area contributed by atoms with Gasteiger partial charge in [0, 0.05) is 24.8 Å². The summed E-state index contributed by atoms with van der Waals surface area (Å²) >= 11 is 0. The average Bonchev–Trinajstić information content (AvgIpc) is 3.20. The van der Waals surface area contributed by atoms with Crippen LogP contribution >= 0.6 is 0 Å². The lowest BCUT2D eigenvalue weighted by Crippen LogP contribution is -2.42. The molecule has 0 saturated carbocycles. The molecule has 0 spiro atoms. The van der Waals surface area contributed by atoms with Crippen LogP contribution in [0.5, 0.6) is 0 Å². The molecule has 2 N–H and O–H groups in total. The van der Waals surface area contributed by atoms with E-state index < -0.39 is 0 Å². The maximum Gasteiger partial charge on any atom is 0.238 e. The van der Waals surface area contributed by atoms with Gasteiger partial charge in [0.1, 0.15) is 11.9 Å². The van der Waals surface area contributed by atoms with Crippen LogP contribution in [0.3, 0.4) is 0 Å². The average molecular weight is 439 g/mol. The first-order valence-electron chi connectivity index (χ1n) is 11.3. The number of rotatable bonds is 5. The van der Waals surface area contributed by atoms with E-state index in [4.69, 9.17) is 4.98 Å². The predicted molar refractivity (Wildman–Crippen MR) is 130 cm³/mol. The largest absolute Gasteiger partial charge is 0.368 e. The number of aryl methyl sites for hydroxylation is 1. The number of carbonyl (C=O) groups excluding carboxylic acids is 1. The van der Waals surface area contributed by atoms with Gasteiger partial charge in [-0.05, 0) is 55.7 Å². The van der Waals surface area contributed by atoms with Gasteiger partial charge in [0.15, 0.2) is 5.65 Å². The first-order chi connectivity index (χ1) is 16.1. The quantitative estimate of drug-likeness (QED) is 0.488. The second kappa shape index (κ2) is 8.93. The zero-order valence-electron chi connectivity index (χ0n) is 18.6. The number of fused-ring (bicyclic) bond motifs is 3. The number of nitrogens with zero attached hydrogens (tertiary/aromatic N) is 4. The Kier molecular flexibility index (Phi) is 5.68. The molecular weight excluding hydrogens is 412 g/mol. The first kappa shape index (κ1) is 21.0. The zero-order chi connectivity index (χ0) is 22.8. The number of anilines is 2. The van der Waals surface area contributed by atoms with Crippen LogP contribution in [-0.4, -0.2) is 45.9 Å². The summed E-state index contributed by atoms with van der Waals surface area (Å²) in [5, 5.41) is 16.3. The monoisotopic (exact) mass is 438 g/mol. The SMILES string of the molecule is Cc1cc(NC2CCN(CC(=O)Nc3ccccc3)CC2)n2c(nc3ccccc32)c1C#N. The number of hydrogen-bond acceptors (Lipinski definition) is 5. The van der Waals surface area contributed by atoms with Gasteiger partial charge in [0.2, 0.25) is 5.91 Å². The predicted octanol–water partition coefficient (Wildman–Crippen LogP) is 4.18. The van der Waals surface area contributed by atoms with Gasteiger partial charge in [0.25, 0.3) is 0 Å². The Morgan fingerprint density at radius 2 is 1.85 bits per heavy atom. The van der Waals surface area contributed by atoms with Gasteiger partial charge in [-0.15, -0.1) is 0 Å². The van der Waals surface area contributed by atoms with Crippen molar-refractivity contribution >= 4 is 34.1 Å². The molecule has 166 valence electrons. The standard InChI is InChI=1S/C26H26N6O/c1-18-15-24(32-23-10-6-5-9-22(23)30-26(32)21(18)16-27)28-20-11-13-31(14-12-20)17-25(33)29-19-7-3-2-4-8-19/h2-10,15,20,28H,11-14,17H2,1H3,(H,29,33). The number of hydrogen-bond donors (Lipinski definition) is 2. The Hall–Kier alpha value is -3.89. The number of carbonyl (C=O) groups is 1. The molecule has 1 saturated heterocycles. The summed E-state index contributed by atoms with van der Waals surface area (Å²) in [6, 6.07) is 22.2. The summed E-state index contributed by atoms with van der Waals surface area (Å²) in [5.41, 5.74) is 4.90. The van der Waals surface area contributed by atoms with E-state index in [0.29, 0.717) is 17.8 Å². The van der Waals surface area contributed by atoms with Crippen molar-refractivity contribution < 1.29 is 4.79 Å². The van der Waals surface area contributed by atoms with Crippen molar-refractivity contribution in [2.24, 2.45) is 0 Å².